The summed E-state index contributed by atoms with van der Waals surface area (Å²) in [6.45, 7) is 3.17. The van der Waals surface area contributed by atoms with Crippen molar-refractivity contribution >= 4 is 21.6 Å². The highest BCUT2D eigenvalue weighted by atomic mass is 32.2. The molecular formula is C24H32N2O4S. The first-order valence-electron chi connectivity index (χ1n) is 10.8. The van der Waals surface area contributed by atoms with Crippen molar-refractivity contribution in [2.45, 2.75) is 38.6 Å². The summed E-state index contributed by atoms with van der Waals surface area (Å²) in [6, 6.07) is 16.4. The van der Waals surface area contributed by atoms with E-state index in [0.717, 1.165) is 25.5 Å². The van der Waals surface area contributed by atoms with Gasteiger partial charge in [0, 0.05) is 13.1 Å². The zero-order valence-electron chi connectivity index (χ0n) is 18.5. The van der Waals surface area contributed by atoms with E-state index >= 15 is 0 Å². The number of sulfonamides is 1. The lowest BCUT2D eigenvalue weighted by molar-refractivity contribution is -0.133. The lowest BCUT2D eigenvalue weighted by Crippen LogP contribution is -2.52. The summed E-state index contributed by atoms with van der Waals surface area (Å²) in [5, 5.41) is 0. The summed E-state index contributed by atoms with van der Waals surface area (Å²) in [4.78, 5) is 15.2. The largest absolute Gasteiger partial charge is 0.497 e. The molecule has 6 nitrogen and oxygen atoms in total. The van der Waals surface area contributed by atoms with E-state index in [1.165, 1.54) is 9.87 Å². The lowest BCUT2D eigenvalue weighted by Gasteiger charge is -2.37. The van der Waals surface area contributed by atoms with Crippen molar-refractivity contribution in [1.29, 1.82) is 0 Å². The molecule has 0 bridgehead atoms. The smallest absolute Gasteiger partial charge is 0.246 e. The third-order valence-corrected chi connectivity index (χ3v) is 7.11. The topological polar surface area (TPSA) is 66.9 Å². The van der Waals surface area contributed by atoms with E-state index < -0.39 is 16.1 Å². The van der Waals surface area contributed by atoms with Crippen LogP contribution >= 0.6 is 0 Å². The quantitative estimate of drug-likeness (QED) is 0.622. The number of rotatable bonds is 8. The Morgan fingerprint density at radius 2 is 1.71 bits per heavy atom. The minimum atomic E-state index is -3.64. The van der Waals surface area contributed by atoms with E-state index in [-0.39, 0.29) is 5.91 Å². The Labute approximate surface area is 185 Å². The third kappa shape index (κ3) is 5.79. The molecule has 1 aliphatic heterocycles. The van der Waals surface area contributed by atoms with Gasteiger partial charge in [-0.05, 0) is 61.4 Å². The number of ether oxygens (including phenoxy) is 1. The van der Waals surface area contributed by atoms with Crippen LogP contribution in [0, 0.1) is 5.92 Å². The van der Waals surface area contributed by atoms with Crippen molar-refractivity contribution in [1.82, 2.24) is 4.90 Å². The molecule has 1 fully saturated rings. The van der Waals surface area contributed by atoms with Crippen LogP contribution in [-0.2, 0) is 21.2 Å². The fourth-order valence-electron chi connectivity index (χ4n) is 4.29. The van der Waals surface area contributed by atoms with E-state index in [1.807, 2.05) is 17.9 Å². The van der Waals surface area contributed by atoms with Gasteiger partial charge in [0.25, 0.3) is 0 Å². The van der Waals surface area contributed by atoms with Gasteiger partial charge in [-0.1, -0.05) is 37.3 Å². The maximum absolute atomic E-state index is 13.4. The first-order valence-corrected chi connectivity index (χ1v) is 12.6. The first-order chi connectivity index (χ1) is 14.8. The van der Waals surface area contributed by atoms with Crippen LogP contribution in [0.2, 0.25) is 0 Å². The second-order valence-corrected chi connectivity index (χ2v) is 10.00. The number of carbonyl (C=O) groups is 1. The van der Waals surface area contributed by atoms with Crippen LogP contribution in [0.5, 0.6) is 5.75 Å². The molecule has 1 aliphatic rings. The van der Waals surface area contributed by atoms with Gasteiger partial charge >= 0.3 is 0 Å². The van der Waals surface area contributed by atoms with E-state index in [9.17, 15) is 13.2 Å². The lowest BCUT2D eigenvalue weighted by atomic mass is 9.90. The number of piperidine rings is 1. The second-order valence-electron chi connectivity index (χ2n) is 8.14. The molecule has 3 rings (SSSR count). The molecule has 0 aliphatic carbocycles. The highest BCUT2D eigenvalue weighted by Crippen LogP contribution is 2.28. The Morgan fingerprint density at radius 1 is 1.10 bits per heavy atom. The fourth-order valence-corrected chi connectivity index (χ4v) is 5.49. The molecule has 0 saturated carbocycles. The number of hydrogen-bond acceptors (Lipinski definition) is 4. The Balaban J connectivity index is 1.71. The van der Waals surface area contributed by atoms with Gasteiger partial charge in [-0.25, -0.2) is 8.42 Å². The van der Waals surface area contributed by atoms with Crippen LogP contribution in [-0.4, -0.2) is 51.7 Å². The fraction of sp³-hybridized carbons (Fsp3) is 0.458. The predicted molar refractivity (Wildman–Crippen MR) is 124 cm³/mol. The monoisotopic (exact) mass is 444 g/mol. The van der Waals surface area contributed by atoms with Crippen molar-refractivity contribution in [2.24, 2.45) is 5.92 Å². The molecule has 2 aromatic rings. The van der Waals surface area contributed by atoms with Gasteiger partial charge in [-0.3, -0.25) is 9.10 Å². The molecular weight excluding hydrogens is 412 g/mol. The van der Waals surface area contributed by atoms with E-state index in [4.69, 9.17) is 4.74 Å². The highest BCUT2D eigenvalue weighted by molar-refractivity contribution is 7.92. The van der Waals surface area contributed by atoms with Gasteiger partial charge in [0.2, 0.25) is 15.9 Å². The zero-order valence-corrected chi connectivity index (χ0v) is 19.3. The summed E-state index contributed by atoms with van der Waals surface area (Å²) in [7, 11) is -2.08. The summed E-state index contributed by atoms with van der Waals surface area (Å²) in [6.07, 6.45) is 4.43. The zero-order chi connectivity index (χ0) is 22.4. The van der Waals surface area contributed by atoms with Crippen molar-refractivity contribution in [3.05, 3.63) is 60.2 Å². The number of amides is 1. The second kappa shape index (κ2) is 10.2. The average Bonchev–Trinajstić information content (AvgIpc) is 2.77. The van der Waals surface area contributed by atoms with Gasteiger partial charge < -0.3 is 9.64 Å². The van der Waals surface area contributed by atoms with Crippen molar-refractivity contribution < 1.29 is 17.9 Å². The number of carbonyl (C=O) groups excluding carboxylic acids is 1. The molecule has 1 amide bonds. The number of benzene rings is 2. The maximum Gasteiger partial charge on any atom is 0.246 e. The Kier molecular flexibility index (Phi) is 7.59. The van der Waals surface area contributed by atoms with E-state index in [0.29, 0.717) is 36.9 Å². The standard InChI is InChI=1S/C24H32N2O4S/c1-4-23(26(31(3,28)29)21-10-12-22(30-2)13-11-21)24(27)25-16-14-20(15-17-25)18-19-8-6-5-7-9-19/h5-13,20,23H,4,14-18H2,1-3H3. The highest BCUT2D eigenvalue weighted by Gasteiger charge is 2.35. The Hall–Kier alpha value is -2.54. The SMILES string of the molecule is CCC(C(=O)N1CCC(Cc2ccccc2)CC1)N(c1ccc(OC)cc1)S(C)(=O)=O. The van der Waals surface area contributed by atoms with Crippen LogP contribution < -0.4 is 9.04 Å². The molecule has 168 valence electrons. The van der Waals surface area contributed by atoms with Crippen molar-refractivity contribution in [3.8, 4) is 5.75 Å². The summed E-state index contributed by atoms with van der Waals surface area (Å²) in [5.41, 5.74) is 1.80. The summed E-state index contributed by atoms with van der Waals surface area (Å²) >= 11 is 0. The van der Waals surface area contributed by atoms with Crippen LogP contribution in [0.1, 0.15) is 31.7 Å². The normalized spacial score (nSPS) is 16.0. The maximum atomic E-state index is 13.4. The number of anilines is 1. The predicted octanol–water partition coefficient (Wildman–Crippen LogP) is 3.72. The van der Waals surface area contributed by atoms with Crippen molar-refractivity contribution in [3.63, 3.8) is 0 Å². The number of nitrogens with zero attached hydrogens (tertiary/aromatic N) is 2. The molecule has 1 saturated heterocycles. The number of hydrogen-bond donors (Lipinski definition) is 0. The molecule has 1 atom stereocenters. The number of likely N-dealkylation sites (tertiary alicyclic amines) is 1. The number of methoxy groups -OCH3 is 1. The van der Waals surface area contributed by atoms with Gasteiger partial charge in [-0.15, -0.1) is 0 Å². The minimum Gasteiger partial charge on any atom is -0.497 e. The van der Waals surface area contributed by atoms with E-state index in [1.54, 1.807) is 31.4 Å². The van der Waals surface area contributed by atoms with Gasteiger partial charge in [0.05, 0.1) is 19.1 Å². The molecule has 1 unspecified atom stereocenters. The van der Waals surface area contributed by atoms with Crippen LogP contribution in [0.4, 0.5) is 5.69 Å². The van der Waals surface area contributed by atoms with Crippen molar-refractivity contribution in [2.75, 3.05) is 30.8 Å². The Bertz CT molecular complexity index is 953. The van der Waals surface area contributed by atoms with Gasteiger partial charge in [0.1, 0.15) is 11.8 Å². The van der Waals surface area contributed by atoms with Crippen LogP contribution in [0.15, 0.2) is 54.6 Å². The summed E-state index contributed by atoms with van der Waals surface area (Å²) in [5.74, 6) is 1.05. The molecule has 0 aromatic heterocycles. The Morgan fingerprint density at radius 3 is 2.23 bits per heavy atom. The molecule has 0 N–H and O–H groups in total. The minimum absolute atomic E-state index is 0.123. The average molecular weight is 445 g/mol. The molecule has 2 aromatic carbocycles. The third-order valence-electron chi connectivity index (χ3n) is 5.93. The molecule has 1 heterocycles. The van der Waals surface area contributed by atoms with Gasteiger partial charge in [0.15, 0.2) is 0 Å². The molecule has 0 spiro atoms. The van der Waals surface area contributed by atoms with E-state index in [2.05, 4.69) is 24.3 Å². The molecule has 0 radical (unpaired) electrons. The molecule has 31 heavy (non-hydrogen) atoms. The molecule has 7 heteroatoms. The first kappa shape index (κ1) is 23.1. The van der Waals surface area contributed by atoms with Gasteiger partial charge in [-0.2, -0.15) is 0 Å². The van der Waals surface area contributed by atoms with Crippen LogP contribution in [0.3, 0.4) is 0 Å². The summed E-state index contributed by atoms with van der Waals surface area (Å²) < 4.78 is 31.7. The van der Waals surface area contributed by atoms with Crippen LogP contribution in [0.25, 0.3) is 0 Å².